The second-order valence-corrected chi connectivity index (χ2v) is 9.80. The topological polar surface area (TPSA) is 47.1 Å². The lowest BCUT2D eigenvalue weighted by atomic mass is 10.1. The Morgan fingerprint density at radius 2 is 1.12 bits per heavy atom. The van der Waals surface area contributed by atoms with Crippen LogP contribution in [0.15, 0.2) is 48.5 Å². The van der Waals surface area contributed by atoms with Gasteiger partial charge < -0.3 is 9.80 Å². The van der Waals surface area contributed by atoms with E-state index in [1.54, 1.807) is 0 Å². The number of para-hydroxylation sites is 2. The summed E-state index contributed by atoms with van der Waals surface area (Å²) >= 11 is 0. The third-order valence-corrected chi connectivity index (χ3v) is 7.35. The molecule has 0 bridgehead atoms. The number of hydrogen-bond donors (Lipinski definition) is 0. The molecule has 0 N–H and O–H groups in total. The van der Waals surface area contributed by atoms with Gasteiger partial charge in [-0.05, 0) is 69.5 Å². The van der Waals surface area contributed by atoms with E-state index in [1.165, 1.54) is 11.1 Å². The molecule has 2 aromatic carbocycles. The molecule has 0 spiro atoms. The fourth-order valence-corrected chi connectivity index (χ4v) is 5.77. The molecule has 0 aromatic heterocycles. The Kier molecular flexibility index (Phi) is 6.21. The average Bonchev–Trinajstić information content (AvgIpc) is 3.22. The summed E-state index contributed by atoms with van der Waals surface area (Å²) in [6, 6.07) is 16.9. The molecule has 2 amide bonds. The van der Waals surface area contributed by atoms with Crippen molar-refractivity contribution in [3.63, 3.8) is 0 Å². The molecule has 0 radical (unpaired) electrons. The van der Waals surface area contributed by atoms with Gasteiger partial charge in [0.2, 0.25) is 11.8 Å². The standard InChI is InChI=1S/C27H34N4O2/c1-20-16-22-8-3-5-10-24(22)30(20)26(32)18-28-12-7-13-29(15-14-28)19-27(33)31-21(2)17-23-9-4-6-11-25(23)31/h3-6,8-11,20-21H,7,12-19H2,1-2H3. The average molecular weight is 447 g/mol. The van der Waals surface area contributed by atoms with E-state index < -0.39 is 0 Å². The predicted molar refractivity (Wildman–Crippen MR) is 132 cm³/mol. The fraction of sp³-hybridized carbons (Fsp3) is 0.481. The summed E-state index contributed by atoms with van der Waals surface area (Å²) in [4.78, 5) is 34.9. The highest BCUT2D eigenvalue weighted by atomic mass is 16.2. The summed E-state index contributed by atoms with van der Waals surface area (Å²) in [6.07, 6.45) is 2.82. The number of rotatable bonds is 4. The van der Waals surface area contributed by atoms with Crippen molar-refractivity contribution in [2.24, 2.45) is 0 Å². The molecule has 2 unspecified atom stereocenters. The van der Waals surface area contributed by atoms with Gasteiger partial charge in [-0.15, -0.1) is 0 Å². The second-order valence-electron chi connectivity index (χ2n) is 9.80. The lowest BCUT2D eigenvalue weighted by Crippen LogP contribution is -2.45. The van der Waals surface area contributed by atoms with Gasteiger partial charge in [-0.2, -0.15) is 0 Å². The zero-order valence-corrected chi connectivity index (χ0v) is 19.7. The van der Waals surface area contributed by atoms with E-state index in [9.17, 15) is 9.59 Å². The highest BCUT2D eigenvalue weighted by Gasteiger charge is 2.33. The van der Waals surface area contributed by atoms with Gasteiger partial charge in [0.15, 0.2) is 0 Å². The van der Waals surface area contributed by atoms with Crippen LogP contribution in [0.5, 0.6) is 0 Å². The predicted octanol–water partition coefficient (Wildman–Crippen LogP) is 2.95. The molecule has 1 saturated heterocycles. The molecule has 2 aromatic rings. The van der Waals surface area contributed by atoms with Crippen LogP contribution in [-0.4, -0.2) is 73.0 Å². The molecular formula is C27H34N4O2. The maximum absolute atomic E-state index is 13.2. The van der Waals surface area contributed by atoms with Gasteiger partial charge in [0.05, 0.1) is 13.1 Å². The Morgan fingerprint density at radius 1 is 0.697 bits per heavy atom. The van der Waals surface area contributed by atoms with Crippen molar-refractivity contribution < 1.29 is 9.59 Å². The lowest BCUT2D eigenvalue weighted by molar-refractivity contribution is -0.121. The largest absolute Gasteiger partial charge is 0.308 e. The fourth-order valence-electron chi connectivity index (χ4n) is 5.77. The minimum absolute atomic E-state index is 0.180. The van der Waals surface area contributed by atoms with Crippen LogP contribution in [-0.2, 0) is 22.4 Å². The summed E-state index contributed by atoms with van der Waals surface area (Å²) < 4.78 is 0. The Labute approximate surface area is 196 Å². The summed E-state index contributed by atoms with van der Waals surface area (Å²) in [7, 11) is 0. The van der Waals surface area contributed by atoms with Crippen LogP contribution in [0.2, 0.25) is 0 Å². The minimum Gasteiger partial charge on any atom is -0.308 e. The minimum atomic E-state index is 0.180. The lowest BCUT2D eigenvalue weighted by Gasteiger charge is -2.28. The van der Waals surface area contributed by atoms with Gasteiger partial charge in [0.1, 0.15) is 0 Å². The van der Waals surface area contributed by atoms with Gasteiger partial charge in [0.25, 0.3) is 0 Å². The number of nitrogens with zero attached hydrogens (tertiary/aromatic N) is 4. The molecular weight excluding hydrogens is 412 g/mol. The number of carbonyl (C=O) groups excluding carboxylic acids is 2. The van der Waals surface area contributed by atoms with Gasteiger partial charge in [0, 0.05) is 36.5 Å². The zero-order valence-electron chi connectivity index (χ0n) is 19.7. The molecule has 2 atom stereocenters. The molecule has 1 fully saturated rings. The Bertz CT molecular complexity index is 957. The summed E-state index contributed by atoms with van der Waals surface area (Å²) in [5.74, 6) is 0.360. The maximum atomic E-state index is 13.2. The van der Waals surface area contributed by atoms with Crippen LogP contribution in [0, 0.1) is 0 Å². The second kappa shape index (κ2) is 9.27. The molecule has 6 nitrogen and oxygen atoms in total. The number of anilines is 2. The van der Waals surface area contributed by atoms with Gasteiger partial charge in [-0.3, -0.25) is 19.4 Å². The van der Waals surface area contributed by atoms with Crippen molar-refractivity contribution >= 4 is 23.2 Å². The number of amides is 2. The number of benzene rings is 2. The first-order chi connectivity index (χ1) is 16.0. The molecule has 3 aliphatic rings. The van der Waals surface area contributed by atoms with Crippen molar-refractivity contribution in [3.05, 3.63) is 59.7 Å². The van der Waals surface area contributed by atoms with Gasteiger partial charge >= 0.3 is 0 Å². The Hall–Kier alpha value is -2.70. The van der Waals surface area contributed by atoms with E-state index in [2.05, 4.69) is 47.9 Å². The van der Waals surface area contributed by atoms with Gasteiger partial charge in [-0.25, -0.2) is 0 Å². The number of fused-ring (bicyclic) bond motifs is 2. The molecule has 3 heterocycles. The van der Waals surface area contributed by atoms with Crippen LogP contribution in [0.1, 0.15) is 31.4 Å². The first-order valence-corrected chi connectivity index (χ1v) is 12.3. The molecule has 6 heteroatoms. The van der Waals surface area contributed by atoms with Crippen molar-refractivity contribution in [2.75, 3.05) is 49.1 Å². The number of carbonyl (C=O) groups is 2. The molecule has 5 rings (SSSR count). The third kappa shape index (κ3) is 4.42. The molecule has 33 heavy (non-hydrogen) atoms. The molecule has 0 saturated carbocycles. The van der Waals surface area contributed by atoms with Crippen LogP contribution in [0.4, 0.5) is 11.4 Å². The van der Waals surface area contributed by atoms with Crippen LogP contribution in [0.3, 0.4) is 0 Å². The zero-order chi connectivity index (χ0) is 22.9. The first-order valence-electron chi connectivity index (χ1n) is 12.3. The van der Waals surface area contributed by atoms with E-state index in [1.807, 2.05) is 34.1 Å². The van der Waals surface area contributed by atoms with Crippen molar-refractivity contribution in [1.82, 2.24) is 9.80 Å². The van der Waals surface area contributed by atoms with E-state index in [4.69, 9.17) is 0 Å². The van der Waals surface area contributed by atoms with E-state index in [0.29, 0.717) is 13.1 Å². The van der Waals surface area contributed by atoms with Crippen LogP contribution >= 0.6 is 0 Å². The summed E-state index contributed by atoms with van der Waals surface area (Å²) in [6.45, 7) is 8.56. The van der Waals surface area contributed by atoms with Crippen LogP contribution in [0.25, 0.3) is 0 Å². The van der Waals surface area contributed by atoms with E-state index in [0.717, 1.165) is 56.8 Å². The van der Waals surface area contributed by atoms with Crippen LogP contribution < -0.4 is 9.80 Å². The van der Waals surface area contributed by atoms with Crippen molar-refractivity contribution in [3.8, 4) is 0 Å². The third-order valence-electron chi connectivity index (χ3n) is 7.35. The van der Waals surface area contributed by atoms with E-state index in [-0.39, 0.29) is 23.9 Å². The van der Waals surface area contributed by atoms with Gasteiger partial charge in [-0.1, -0.05) is 36.4 Å². The van der Waals surface area contributed by atoms with Crippen molar-refractivity contribution in [2.45, 2.75) is 45.2 Å². The molecule has 3 aliphatic heterocycles. The smallest absolute Gasteiger partial charge is 0.241 e. The SMILES string of the molecule is CC1Cc2ccccc2N1C(=O)CN1CCCN(CC(=O)N2c3ccccc3CC2C)CC1. The highest BCUT2D eigenvalue weighted by Crippen LogP contribution is 2.33. The molecule has 0 aliphatic carbocycles. The first kappa shape index (κ1) is 22.1. The van der Waals surface area contributed by atoms with E-state index >= 15 is 0 Å². The quantitative estimate of drug-likeness (QED) is 0.725. The highest BCUT2D eigenvalue weighted by molar-refractivity contribution is 5.98. The Balaban J connectivity index is 1.17. The number of hydrogen-bond acceptors (Lipinski definition) is 4. The molecule has 174 valence electrons. The monoisotopic (exact) mass is 446 g/mol. The Morgan fingerprint density at radius 3 is 1.58 bits per heavy atom. The summed E-state index contributed by atoms with van der Waals surface area (Å²) in [5, 5.41) is 0. The normalized spacial score (nSPS) is 23.3. The summed E-state index contributed by atoms with van der Waals surface area (Å²) in [5.41, 5.74) is 4.65. The van der Waals surface area contributed by atoms with Crippen molar-refractivity contribution in [1.29, 1.82) is 0 Å². The maximum Gasteiger partial charge on any atom is 0.241 e.